The van der Waals surface area contributed by atoms with E-state index >= 15 is 0 Å². The Bertz CT molecular complexity index is 334. The smallest absolute Gasteiger partial charge is 0.0320 e. The highest BCUT2D eigenvalue weighted by Crippen LogP contribution is 2.23. The van der Waals surface area contributed by atoms with E-state index in [4.69, 9.17) is 0 Å². The zero-order chi connectivity index (χ0) is 14.6. The van der Waals surface area contributed by atoms with E-state index in [1.54, 1.807) is 0 Å². The van der Waals surface area contributed by atoms with Crippen LogP contribution in [0.3, 0.4) is 0 Å². The van der Waals surface area contributed by atoms with Gasteiger partial charge in [-0.25, -0.2) is 0 Å². The highest BCUT2D eigenvalue weighted by atomic mass is 32.2. The fourth-order valence-electron chi connectivity index (χ4n) is 2.49. The quantitative estimate of drug-likeness (QED) is 0.408. The number of hydrogen-bond acceptors (Lipinski definition) is 2. The van der Waals surface area contributed by atoms with Crippen LogP contribution in [0.5, 0.6) is 0 Å². The molecule has 1 nitrogen and oxygen atoms in total. The van der Waals surface area contributed by atoms with E-state index < -0.39 is 0 Å². The van der Waals surface area contributed by atoms with Crippen LogP contribution in [0.25, 0.3) is 0 Å². The van der Waals surface area contributed by atoms with Crippen molar-refractivity contribution in [3.8, 4) is 0 Å². The van der Waals surface area contributed by atoms with Crippen LogP contribution in [0.1, 0.15) is 70.4 Å². The van der Waals surface area contributed by atoms with Crippen molar-refractivity contribution < 1.29 is 0 Å². The van der Waals surface area contributed by atoms with E-state index in [0.717, 1.165) is 6.54 Å². The molecule has 0 aliphatic rings. The summed E-state index contributed by atoms with van der Waals surface area (Å²) in [5.41, 5.74) is 1.45. The van der Waals surface area contributed by atoms with Crippen LogP contribution in [0.2, 0.25) is 0 Å². The van der Waals surface area contributed by atoms with Crippen molar-refractivity contribution in [1.82, 2.24) is 5.32 Å². The molecule has 0 saturated carbocycles. The van der Waals surface area contributed by atoms with Crippen molar-refractivity contribution in [2.24, 2.45) is 0 Å². The van der Waals surface area contributed by atoms with E-state index in [2.05, 4.69) is 49.7 Å². The Hall–Kier alpha value is -0.470. The first-order chi connectivity index (χ1) is 9.81. The first-order valence-electron chi connectivity index (χ1n) is 8.19. The molecular weight excluding hydrogens is 262 g/mol. The summed E-state index contributed by atoms with van der Waals surface area (Å²) in [6.45, 7) is 5.63. The summed E-state index contributed by atoms with van der Waals surface area (Å²) >= 11 is 1.81. The summed E-state index contributed by atoms with van der Waals surface area (Å²) in [4.78, 5) is 1.35. The molecule has 114 valence electrons. The summed E-state index contributed by atoms with van der Waals surface area (Å²) in [7, 11) is 0. The van der Waals surface area contributed by atoms with Crippen LogP contribution in [0.15, 0.2) is 29.2 Å². The van der Waals surface area contributed by atoms with E-state index in [1.807, 2.05) is 11.8 Å². The fourth-order valence-corrected chi connectivity index (χ4v) is 2.90. The largest absolute Gasteiger partial charge is 0.310 e. The molecule has 0 bridgehead atoms. The molecule has 1 rings (SSSR count). The van der Waals surface area contributed by atoms with Crippen LogP contribution in [-0.2, 0) is 0 Å². The van der Waals surface area contributed by atoms with Gasteiger partial charge in [-0.05, 0) is 43.3 Å². The van der Waals surface area contributed by atoms with E-state index in [9.17, 15) is 0 Å². The monoisotopic (exact) mass is 293 g/mol. The molecule has 1 atom stereocenters. The van der Waals surface area contributed by atoms with Crippen LogP contribution in [-0.4, -0.2) is 12.8 Å². The van der Waals surface area contributed by atoms with Crippen molar-refractivity contribution in [2.45, 2.75) is 69.7 Å². The van der Waals surface area contributed by atoms with Gasteiger partial charge in [-0.1, -0.05) is 58.1 Å². The SMILES string of the molecule is CCCCCCCC(NCCC)c1ccc(SC)cc1. The molecule has 0 aliphatic carbocycles. The van der Waals surface area contributed by atoms with Gasteiger partial charge in [0.15, 0.2) is 0 Å². The van der Waals surface area contributed by atoms with Crippen molar-refractivity contribution >= 4 is 11.8 Å². The Balaban J connectivity index is 2.48. The van der Waals surface area contributed by atoms with Crippen molar-refractivity contribution in [3.63, 3.8) is 0 Å². The van der Waals surface area contributed by atoms with Gasteiger partial charge < -0.3 is 5.32 Å². The minimum Gasteiger partial charge on any atom is -0.310 e. The Kier molecular flexibility index (Phi) is 9.86. The van der Waals surface area contributed by atoms with Gasteiger partial charge in [0.05, 0.1) is 0 Å². The number of hydrogen-bond donors (Lipinski definition) is 1. The van der Waals surface area contributed by atoms with Crippen molar-refractivity contribution in [2.75, 3.05) is 12.8 Å². The van der Waals surface area contributed by atoms with Crippen molar-refractivity contribution in [1.29, 1.82) is 0 Å². The topological polar surface area (TPSA) is 12.0 Å². The van der Waals surface area contributed by atoms with Gasteiger partial charge in [0.25, 0.3) is 0 Å². The summed E-state index contributed by atoms with van der Waals surface area (Å²) in [6.07, 6.45) is 11.4. The molecular formula is C18H31NS. The lowest BCUT2D eigenvalue weighted by molar-refractivity contribution is 0.468. The highest BCUT2D eigenvalue weighted by molar-refractivity contribution is 7.98. The predicted molar refractivity (Wildman–Crippen MR) is 92.6 cm³/mol. The lowest BCUT2D eigenvalue weighted by Gasteiger charge is -2.19. The molecule has 1 aromatic rings. The number of benzene rings is 1. The third-order valence-electron chi connectivity index (χ3n) is 3.76. The summed E-state index contributed by atoms with van der Waals surface area (Å²) in [5, 5.41) is 3.71. The Labute approximate surface area is 129 Å². The molecule has 2 heteroatoms. The highest BCUT2D eigenvalue weighted by Gasteiger charge is 2.10. The van der Waals surface area contributed by atoms with Gasteiger partial charge in [-0.15, -0.1) is 11.8 Å². The summed E-state index contributed by atoms with van der Waals surface area (Å²) in [5.74, 6) is 0. The minimum atomic E-state index is 0.535. The van der Waals surface area contributed by atoms with E-state index in [0.29, 0.717) is 6.04 Å². The number of nitrogens with one attached hydrogen (secondary N) is 1. The van der Waals surface area contributed by atoms with Gasteiger partial charge in [0.2, 0.25) is 0 Å². The van der Waals surface area contributed by atoms with E-state index in [-0.39, 0.29) is 0 Å². The zero-order valence-electron chi connectivity index (χ0n) is 13.5. The molecule has 0 heterocycles. The second-order valence-corrected chi connectivity index (χ2v) is 6.36. The average molecular weight is 294 g/mol. The summed E-state index contributed by atoms with van der Waals surface area (Å²) in [6, 6.07) is 9.62. The lowest BCUT2D eigenvalue weighted by atomic mass is 9.99. The maximum atomic E-state index is 3.71. The minimum absolute atomic E-state index is 0.535. The Morgan fingerprint density at radius 3 is 2.25 bits per heavy atom. The van der Waals surface area contributed by atoms with Crippen molar-refractivity contribution in [3.05, 3.63) is 29.8 Å². The molecule has 0 fully saturated rings. The van der Waals surface area contributed by atoms with Gasteiger partial charge in [-0.2, -0.15) is 0 Å². The first kappa shape index (κ1) is 17.6. The zero-order valence-corrected chi connectivity index (χ0v) is 14.3. The molecule has 0 aliphatic heterocycles. The lowest BCUT2D eigenvalue weighted by Crippen LogP contribution is -2.22. The van der Waals surface area contributed by atoms with Crippen LogP contribution >= 0.6 is 11.8 Å². The van der Waals surface area contributed by atoms with Crippen LogP contribution < -0.4 is 5.32 Å². The fraction of sp³-hybridized carbons (Fsp3) is 0.667. The predicted octanol–water partition coefficient (Wildman–Crippen LogP) is 5.81. The standard InChI is InChI=1S/C18H31NS/c1-4-6-7-8-9-10-18(19-15-5-2)16-11-13-17(20-3)14-12-16/h11-14,18-19H,4-10,15H2,1-3H3. The third kappa shape index (κ3) is 6.81. The molecule has 1 N–H and O–H groups in total. The molecule has 0 radical (unpaired) electrons. The number of thioether (sulfide) groups is 1. The maximum absolute atomic E-state index is 3.71. The molecule has 20 heavy (non-hydrogen) atoms. The number of rotatable bonds is 11. The molecule has 0 amide bonds. The molecule has 0 saturated heterocycles. The normalized spacial score (nSPS) is 12.6. The molecule has 1 aromatic carbocycles. The van der Waals surface area contributed by atoms with Gasteiger partial charge in [-0.3, -0.25) is 0 Å². The van der Waals surface area contributed by atoms with Gasteiger partial charge in [0, 0.05) is 10.9 Å². The summed E-state index contributed by atoms with van der Waals surface area (Å²) < 4.78 is 0. The number of unbranched alkanes of at least 4 members (excludes halogenated alkanes) is 4. The maximum Gasteiger partial charge on any atom is 0.0320 e. The van der Waals surface area contributed by atoms with E-state index in [1.165, 1.54) is 55.4 Å². The second kappa shape index (κ2) is 11.2. The second-order valence-electron chi connectivity index (χ2n) is 5.48. The molecule has 0 spiro atoms. The molecule has 0 aromatic heterocycles. The van der Waals surface area contributed by atoms with Crippen LogP contribution in [0.4, 0.5) is 0 Å². The third-order valence-corrected chi connectivity index (χ3v) is 4.50. The average Bonchev–Trinajstić information content (AvgIpc) is 2.50. The first-order valence-corrected chi connectivity index (χ1v) is 9.41. The van der Waals surface area contributed by atoms with Gasteiger partial charge >= 0.3 is 0 Å². The van der Waals surface area contributed by atoms with Crippen LogP contribution in [0, 0.1) is 0 Å². The Morgan fingerprint density at radius 2 is 1.65 bits per heavy atom. The van der Waals surface area contributed by atoms with Gasteiger partial charge in [0.1, 0.15) is 0 Å². The Morgan fingerprint density at radius 1 is 0.950 bits per heavy atom. The molecule has 1 unspecified atom stereocenters.